The van der Waals surface area contributed by atoms with Crippen LogP contribution in [0.1, 0.15) is 41.9 Å². The second-order valence-corrected chi connectivity index (χ2v) is 6.21. The van der Waals surface area contributed by atoms with Crippen molar-refractivity contribution >= 4 is 17.0 Å². The van der Waals surface area contributed by atoms with Crippen LogP contribution in [0, 0.1) is 11.3 Å². The molecule has 4 nitrogen and oxygen atoms in total. The number of nitriles is 1. The Morgan fingerprint density at radius 3 is 3.19 bits per heavy atom. The smallest absolute Gasteiger partial charge is 0.101 e. The first-order valence-electron chi connectivity index (χ1n) is 7.35. The van der Waals surface area contributed by atoms with E-state index in [1.807, 2.05) is 0 Å². The second-order valence-electron chi connectivity index (χ2n) is 5.32. The average Bonchev–Trinajstić information content (AvgIpc) is 3.04. The fourth-order valence-electron chi connectivity index (χ4n) is 2.80. The van der Waals surface area contributed by atoms with Gasteiger partial charge in [0.15, 0.2) is 0 Å². The third-order valence-electron chi connectivity index (χ3n) is 3.96. The summed E-state index contributed by atoms with van der Waals surface area (Å²) in [5, 5.41) is 12.7. The summed E-state index contributed by atoms with van der Waals surface area (Å²) >= 11 is 1.77. The SMILES string of the molecule is CCc1csc([C@@H]2CCCN(c3cnccc3C#N)C2)n1. The number of pyridine rings is 1. The van der Waals surface area contributed by atoms with E-state index in [9.17, 15) is 5.26 Å². The highest BCUT2D eigenvalue weighted by Gasteiger charge is 2.25. The lowest BCUT2D eigenvalue weighted by Gasteiger charge is -2.33. The van der Waals surface area contributed by atoms with Crippen LogP contribution >= 0.6 is 11.3 Å². The highest BCUT2D eigenvalue weighted by molar-refractivity contribution is 7.09. The van der Waals surface area contributed by atoms with Crippen molar-refractivity contribution in [1.29, 1.82) is 5.26 Å². The predicted molar refractivity (Wildman–Crippen MR) is 84.6 cm³/mol. The van der Waals surface area contributed by atoms with Gasteiger partial charge in [0, 0.05) is 30.6 Å². The molecule has 0 N–H and O–H groups in total. The minimum Gasteiger partial charge on any atom is -0.369 e. The molecular formula is C16H18N4S. The number of anilines is 1. The number of aryl methyl sites for hydroxylation is 1. The number of nitrogens with zero attached hydrogens (tertiary/aromatic N) is 4. The Labute approximate surface area is 129 Å². The summed E-state index contributed by atoms with van der Waals surface area (Å²) in [6.07, 6.45) is 6.78. The van der Waals surface area contributed by atoms with Crippen LogP contribution in [-0.2, 0) is 6.42 Å². The molecule has 0 bridgehead atoms. The fourth-order valence-corrected chi connectivity index (χ4v) is 3.83. The highest BCUT2D eigenvalue weighted by atomic mass is 32.1. The molecule has 108 valence electrons. The van der Waals surface area contributed by atoms with E-state index in [4.69, 9.17) is 4.98 Å². The van der Waals surface area contributed by atoms with Crippen LogP contribution in [0.5, 0.6) is 0 Å². The molecule has 1 atom stereocenters. The lowest BCUT2D eigenvalue weighted by atomic mass is 9.98. The van der Waals surface area contributed by atoms with Crippen molar-refractivity contribution in [2.24, 2.45) is 0 Å². The quantitative estimate of drug-likeness (QED) is 0.872. The van der Waals surface area contributed by atoms with Gasteiger partial charge in [-0.1, -0.05) is 6.92 Å². The maximum atomic E-state index is 9.25. The Kier molecular flexibility index (Phi) is 4.16. The van der Waals surface area contributed by atoms with Crippen LogP contribution in [0.3, 0.4) is 0 Å². The Balaban J connectivity index is 1.81. The van der Waals surface area contributed by atoms with Gasteiger partial charge in [0.2, 0.25) is 0 Å². The zero-order chi connectivity index (χ0) is 14.7. The van der Waals surface area contributed by atoms with Crippen molar-refractivity contribution in [2.45, 2.75) is 32.1 Å². The van der Waals surface area contributed by atoms with Crippen molar-refractivity contribution < 1.29 is 0 Å². The van der Waals surface area contributed by atoms with Crippen molar-refractivity contribution in [1.82, 2.24) is 9.97 Å². The van der Waals surface area contributed by atoms with E-state index in [1.54, 1.807) is 29.8 Å². The Hall–Kier alpha value is -1.93. The lowest BCUT2D eigenvalue weighted by Crippen LogP contribution is -2.34. The first kappa shape index (κ1) is 14.0. The van der Waals surface area contributed by atoms with Gasteiger partial charge in [0.25, 0.3) is 0 Å². The summed E-state index contributed by atoms with van der Waals surface area (Å²) in [5.74, 6) is 0.468. The molecule has 3 rings (SSSR count). The fraction of sp³-hybridized carbons (Fsp3) is 0.438. The summed E-state index contributed by atoms with van der Waals surface area (Å²) in [5.41, 5.74) is 2.85. The molecule has 5 heteroatoms. The number of rotatable bonds is 3. The molecule has 1 fully saturated rings. The average molecular weight is 298 g/mol. The lowest BCUT2D eigenvalue weighted by molar-refractivity contribution is 0.507. The third kappa shape index (κ3) is 2.91. The van der Waals surface area contributed by atoms with Crippen LogP contribution in [-0.4, -0.2) is 23.1 Å². The topological polar surface area (TPSA) is 52.8 Å². The molecule has 0 aliphatic carbocycles. The normalized spacial score (nSPS) is 18.5. The zero-order valence-corrected chi connectivity index (χ0v) is 12.9. The van der Waals surface area contributed by atoms with Gasteiger partial charge < -0.3 is 4.90 Å². The summed E-state index contributed by atoms with van der Waals surface area (Å²) < 4.78 is 0. The monoisotopic (exact) mass is 298 g/mol. The summed E-state index contributed by atoms with van der Waals surface area (Å²) in [6.45, 7) is 4.06. The molecule has 1 aliphatic rings. The molecular weight excluding hydrogens is 280 g/mol. The van der Waals surface area contributed by atoms with Crippen molar-refractivity contribution in [3.63, 3.8) is 0 Å². The van der Waals surface area contributed by atoms with Crippen LogP contribution in [0.15, 0.2) is 23.8 Å². The Morgan fingerprint density at radius 2 is 2.43 bits per heavy atom. The summed E-state index contributed by atoms with van der Waals surface area (Å²) in [4.78, 5) is 11.2. The van der Waals surface area contributed by atoms with Crippen LogP contribution in [0.2, 0.25) is 0 Å². The summed E-state index contributed by atoms with van der Waals surface area (Å²) in [6, 6.07) is 4.06. The standard InChI is InChI=1S/C16H18N4S/c1-2-14-11-21-16(19-14)13-4-3-7-20(10-13)15-9-18-6-5-12(15)8-17/h5-6,9,11,13H,2-4,7,10H2,1H3/t13-/m1/s1. The second kappa shape index (κ2) is 6.23. The van der Waals surface area contributed by atoms with Gasteiger partial charge in [-0.05, 0) is 25.3 Å². The van der Waals surface area contributed by atoms with Crippen LogP contribution in [0.25, 0.3) is 0 Å². The minimum atomic E-state index is 0.468. The summed E-state index contributed by atoms with van der Waals surface area (Å²) in [7, 11) is 0. The van der Waals surface area contributed by atoms with E-state index in [-0.39, 0.29) is 0 Å². The van der Waals surface area contributed by atoms with Gasteiger partial charge in [-0.3, -0.25) is 4.98 Å². The van der Waals surface area contributed by atoms with E-state index in [0.717, 1.165) is 31.6 Å². The van der Waals surface area contributed by atoms with Gasteiger partial charge >= 0.3 is 0 Å². The molecule has 3 heterocycles. The number of hydrogen-bond donors (Lipinski definition) is 0. The van der Waals surface area contributed by atoms with Gasteiger partial charge in [0.1, 0.15) is 6.07 Å². The van der Waals surface area contributed by atoms with Gasteiger partial charge in [-0.25, -0.2) is 4.98 Å². The maximum Gasteiger partial charge on any atom is 0.101 e. The van der Waals surface area contributed by atoms with Gasteiger partial charge in [-0.2, -0.15) is 5.26 Å². The van der Waals surface area contributed by atoms with Crippen molar-refractivity contribution in [3.05, 3.63) is 40.1 Å². The number of aromatic nitrogens is 2. The number of hydrogen-bond acceptors (Lipinski definition) is 5. The van der Waals surface area contributed by atoms with E-state index < -0.39 is 0 Å². The maximum absolute atomic E-state index is 9.25. The molecule has 1 aliphatic heterocycles. The molecule has 0 radical (unpaired) electrons. The molecule has 2 aromatic heterocycles. The van der Waals surface area contributed by atoms with Gasteiger partial charge in [0.05, 0.1) is 28.1 Å². The Morgan fingerprint density at radius 1 is 1.52 bits per heavy atom. The molecule has 0 amide bonds. The molecule has 1 saturated heterocycles. The van der Waals surface area contributed by atoms with Crippen LogP contribution < -0.4 is 4.90 Å². The van der Waals surface area contributed by atoms with E-state index in [1.165, 1.54) is 17.1 Å². The number of thiazole rings is 1. The zero-order valence-electron chi connectivity index (χ0n) is 12.1. The molecule has 2 aromatic rings. The largest absolute Gasteiger partial charge is 0.369 e. The van der Waals surface area contributed by atoms with E-state index in [0.29, 0.717) is 11.5 Å². The van der Waals surface area contributed by atoms with E-state index in [2.05, 4.69) is 28.3 Å². The van der Waals surface area contributed by atoms with Crippen LogP contribution in [0.4, 0.5) is 5.69 Å². The predicted octanol–water partition coefficient (Wildman–Crippen LogP) is 3.36. The number of piperidine rings is 1. The molecule has 21 heavy (non-hydrogen) atoms. The van der Waals surface area contributed by atoms with Crippen molar-refractivity contribution in [3.8, 4) is 6.07 Å². The Bertz CT molecular complexity index is 658. The van der Waals surface area contributed by atoms with E-state index >= 15 is 0 Å². The third-order valence-corrected chi connectivity index (χ3v) is 5.02. The molecule has 0 unspecified atom stereocenters. The molecule has 0 saturated carbocycles. The minimum absolute atomic E-state index is 0.468. The first-order valence-corrected chi connectivity index (χ1v) is 8.23. The first-order chi connectivity index (χ1) is 10.3. The van der Waals surface area contributed by atoms with Crippen molar-refractivity contribution in [2.75, 3.05) is 18.0 Å². The molecule has 0 spiro atoms. The highest BCUT2D eigenvalue weighted by Crippen LogP contribution is 2.32. The van der Waals surface area contributed by atoms with Gasteiger partial charge in [-0.15, -0.1) is 11.3 Å². The molecule has 0 aromatic carbocycles.